The van der Waals surface area contributed by atoms with Gasteiger partial charge in [-0.1, -0.05) is 6.07 Å². The summed E-state index contributed by atoms with van der Waals surface area (Å²) in [6, 6.07) is 7.37. The van der Waals surface area contributed by atoms with Crippen LogP contribution < -0.4 is 15.8 Å². The number of nitrogens with two attached hydrogens (primary N) is 1. The summed E-state index contributed by atoms with van der Waals surface area (Å²) in [5.41, 5.74) is 7.72. The van der Waals surface area contributed by atoms with Gasteiger partial charge in [0.05, 0.1) is 7.11 Å². The minimum Gasteiger partial charge on any atom is -0.494 e. The van der Waals surface area contributed by atoms with Crippen LogP contribution in [0.2, 0.25) is 0 Å². The van der Waals surface area contributed by atoms with Gasteiger partial charge in [0.15, 0.2) is 5.69 Å². The lowest BCUT2D eigenvalue weighted by Gasteiger charge is -2.10. The van der Waals surface area contributed by atoms with Crippen LogP contribution in [0, 0.1) is 6.92 Å². The highest BCUT2D eigenvalue weighted by atomic mass is 16.5. The molecule has 1 amide bonds. The fraction of sp³-hybridized carbons (Fsp3) is 0.333. The lowest BCUT2D eigenvalue weighted by Crippen LogP contribution is -2.38. The van der Waals surface area contributed by atoms with Crippen molar-refractivity contribution in [1.29, 1.82) is 0 Å². The topological polar surface area (TPSA) is 82.2 Å². The smallest absolute Gasteiger partial charge is 0.272 e. The minimum absolute atomic E-state index is 0.0869. The van der Waals surface area contributed by atoms with E-state index in [-0.39, 0.29) is 11.9 Å². The molecule has 0 spiro atoms. The number of amides is 1. The molecule has 2 rings (SSSR count). The molecule has 3 N–H and O–H groups in total. The number of hydrogen-bond acceptors (Lipinski definition) is 4. The molecule has 0 radical (unpaired) electrons. The number of carbonyl (C=O) groups excluding carboxylic acids is 1. The largest absolute Gasteiger partial charge is 0.494 e. The van der Waals surface area contributed by atoms with E-state index in [9.17, 15) is 4.79 Å². The first-order chi connectivity index (χ1) is 10.0. The molecule has 2 aromatic rings. The third kappa shape index (κ3) is 3.41. The van der Waals surface area contributed by atoms with Gasteiger partial charge < -0.3 is 15.8 Å². The van der Waals surface area contributed by atoms with Gasteiger partial charge >= 0.3 is 0 Å². The lowest BCUT2D eigenvalue weighted by molar-refractivity contribution is 0.0936. The molecule has 112 valence electrons. The zero-order valence-corrected chi connectivity index (χ0v) is 12.5. The monoisotopic (exact) mass is 288 g/mol. The number of aryl methyl sites for hydroxylation is 1. The van der Waals surface area contributed by atoms with Crippen LogP contribution in [0.1, 0.15) is 23.0 Å². The number of hydrogen-bond donors (Lipinski definition) is 2. The molecule has 0 bridgehead atoms. The highest BCUT2D eigenvalue weighted by molar-refractivity contribution is 5.92. The molecule has 0 aliphatic carbocycles. The molecule has 0 fully saturated rings. The van der Waals surface area contributed by atoms with E-state index < -0.39 is 0 Å². The number of carbonyl (C=O) groups is 1. The summed E-state index contributed by atoms with van der Waals surface area (Å²) >= 11 is 0. The molecular formula is C15H20N4O2. The number of ether oxygens (including phenoxy) is 1. The molecule has 0 unspecified atom stereocenters. The maximum absolute atomic E-state index is 12.0. The van der Waals surface area contributed by atoms with E-state index >= 15 is 0 Å². The molecular weight excluding hydrogens is 268 g/mol. The molecule has 0 aliphatic rings. The van der Waals surface area contributed by atoms with E-state index in [1.54, 1.807) is 24.1 Å². The summed E-state index contributed by atoms with van der Waals surface area (Å²) in [5.74, 6) is 0.462. The predicted octanol–water partition coefficient (Wildman–Crippen LogP) is 1.27. The van der Waals surface area contributed by atoms with Crippen molar-refractivity contribution in [2.45, 2.75) is 19.9 Å². The van der Waals surface area contributed by atoms with Crippen LogP contribution in [0.5, 0.6) is 5.75 Å². The molecule has 1 aromatic heterocycles. The number of aromatic nitrogens is 2. The Kier molecular flexibility index (Phi) is 4.59. The lowest BCUT2D eigenvalue weighted by atomic mass is 10.2. The third-order valence-electron chi connectivity index (χ3n) is 3.13. The maximum atomic E-state index is 12.0. The molecule has 0 saturated carbocycles. The summed E-state index contributed by atoms with van der Waals surface area (Å²) < 4.78 is 6.96. The summed E-state index contributed by atoms with van der Waals surface area (Å²) in [7, 11) is 1.61. The zero-order valence-electron chi connectivity index (χ0n) is 12.5. The first-order valence-corrected chi connectivity index (χ1v) is 6.76. The first-order valence-electron chi connectivity index (χ1n) is 6.76. The Hall–Kier alpha value is -2.34. The molecule has 21 heavy (non-hydrogen) atoms. The minimum atomic E-state index is -0.238. The summed E-state index contributed by atoms with van der Waals surface area (Å²) in [5, 5.41) is 7.08. The van der Waals surface area contributed by atoms with Gasteiger partial charge in [0, 0.05) is 18.8 Å². The Morgan fingerprint density at radius 2 is 2.24 bits per heavy atom. The number of rotatable bonds is 5. The van der Waals surface area contributed by atoms with E-state index in [1.165, 1.54) is 0 Å². The van der Waals surface area contributed by atoms with Gasteiger partial charge in [-0.15, -0.1) is 0 Å². The van der Waals surface area contributed by atoms with Gasteiger partial charge in [0.2, 0.25) is 0 Å². The maximum Gasteiger partial charge on any atom is 0.272 e. The van der Waals surface area contributed by atoms with Crippen molar-refractivity contribution in [2.24, 2.45) is 5.73 Å². The number of nitrogens with one attached hydrogen (secondary N) is 1. The molecule has 0 saturated heterocycles. The van der Waals surface area contributed by atoms with Crippen molar-refractivity contribution in [3.05, 3.63) is 41.7 Å². The second-order valence-corrected chi connectivity index (χ2v) is 4.93. The zero-order chi connectivity index (χ0) is 15.4. The predicted molar refractivity (Wildman–Crippen MR) is 80.8 cm³/mol. The fourth-order valence-corrected chi connectivity index (χ4v) is 1.91. The second-order valence-electron chi connectivity index (χ2n) is 4.93. The Balaban J connectivity index is 2.28. The van der Waals surface area contributed by atoms with Gasteiger partial charge in [0.25, 0.3) is 5.91 Å². The van der Waals surface area contributed by atoms with Crippen molar-refractivity contribution in [2.75, 3.05) is 13.7 Å². The van der Waals surface area contributed by atoms with Crippen LogP contribution in [0.15, 0.2) is 30.5 Å². The van der Waals surface area contributed by atoms with E-state index in [1.807, 2.05) is 32.0 Å². The Labute approximate surface area is 123 Å². The van der Waals surface area contributed by atoms with Crippen molar-refractivity contribution < 1.29 is 9.53 Å². The van der Waals surface area contributed by atoms with E-state index in [4.69, 9.17) is 10.5 Å². The van der Waals surface area contributed by atoms with Crippen LogP contribution in [-0.2, 0) is 0 Å². The summed E-state index contributed by atoms with van der Waals surface area (Å²) in [6.45, 7) is 4.22. The average molecular weight is 288 g/mol. The standard InChI is InChI=1S/C15H20N4O2/c1-10-4-5-14(21-3)13(8-10)19-7-6-12(18-19)15(20)17-11(2)9-16/h4-8,11H,9,16H2,1-3H3,(H,17,20)/t11-/m0/s1. The van der Waals surface area contributed by atoms with E-state index in [0.29, 0.717) is 18.0 Å². The van der Waals surface area contributed by atoms with Gasteiger partial charge in [-0.25, -0.2) is 4.68 Å². The highest BCUT2D eigenvalue weighted by Crippen LogP contribution is 2.23. The van der Waals surface area contributed by atoms with Crippen LogP contribution in [0.3, 0.4) is 0 Å². The molecule has 6 nitrogen and oxygen atoms in total. The summed E-state index contributed by atoms with van der Waals surface area (Å²) in [4.78, 5) is 12.0. The Morgan fingerprint density at radius 1 is 1.48 bits per heavy atom. The first kappa shape index (κ1) is 15.1. The van der Waals surface area contributed by atoms with Crippen molar-refractivity contribution >= 4 is 5.91 Å². The van der Waals surface area contributed by atoms with E-state index in [2.05, 4.69) is 10.4 Å². The van der Waals surface area contributed by atoms with Gasteiger partial charge in [-0.2, -0.15) is 5.10 Å². The van der Waals surface area contributed by atoms with Crippen LogP contribution in [0.25, 0.3) is 5.69 Å². The second kappa shape index (κ2) is 6.41. The Morgan fingerprint density at radius 3 is 2.90 bits per heavy atom. The molecule has 1 atom stereocenters. The van der Waals surface area contributed by atoms with E-state index in [0.717, 1.165) is 11.3 Å². The van der Waals surface area contributed by atoms with Gasteiger partial charge in [-0.3, -0.25) is 4.79 Å². The van der Waals surface area contributed by atoms with Gasteiger partial charge in [0.1, 0.15) is 11.4 Å². The molecule has 1 heterocycles. The summed E-state index contributed by atoms with van der Waals surface area (Å²) in [6.07, 6.45) is 1.74. The third-order valence-corrected chi connectivity index (χ3v) is 3.13. The number of benzene rings is 1. The van der Waals surface area contributed by atoms with Gasteiger partial charge in [-0.05, 0) is 37.6 Å². The van der Waals surface area contributed by atoms with Crippen LogP contribution >= 0.6 is 0 Å². The Bertz CT molecular complexity index is 636. The normalized spacial score (nSPS) is 12.0. The molecule has 0 aliphatic heterocycles. The van der Waals surface area contributed by atoms with Crippen LogP contribution in [0.4, 0.5) is 0 Å². The average Bonchev–Trinajstić information content (AvgIpc) is 2.96. The molecule has 1 aromatic carbocycles. The number of methoxy groups -OCH3 is 1. The van der Waals surface area contributed by atoms with Crippen molar-refractivity contribution in [3.8, 4) is 11.4 Å². The quantitative estimate of drug-likeness (QED) is 0.868. The SMILES string of the molecule is COc1ccc(C)cc1-n1ccc(C(=O)N[C@@H](C)CN)n1. The highest BCUT2D eigenvalue weighted by Gasteiger charge is 2.14. The van der Waals surface area contributed by atoms with Crippen LogP contribution in [-0.4, -0.2) is 35.4 Å². The molecule has 6 heteroatoms. The van der Waals surface area contributed by atoms with Crippen molar-refractivity contribution in [1.82, 2.24) is 15.1 Å². The number of nitrogens with zero attached hydrogens (tertiary/aromatic N) is 2. The van der Waals surface area contributed by atoms with Crippen molar-refractivity contribution in [3.63, 3.8) is 0 Å². The fourth-order valence-electron chi connectivity index (χ4n) is 1.91.